The summed E-state index contributed by atoms with van der Waals surface area (Å²) >= 11 is 0. The molecule has 2 unspecified atom stereocenters. The number of benzene rings is 2. The zero-order chi connectivity index (χ0) is 19.9. The van der Waals surface area contributed by atoms with Gasteiger partial charge in [-0.1, -0.05) is 30.3 Å². The van der Waals surface area contributed by atoms with E-state index in [1.165, 1.54) is 23.6 Å². The number of rotatable bonds is 3. The minimum absolute atomic E-state index is 0.0183. The fraction of sp³-hybridized carbons (Fsp3) is 0.348. The van der Waals surface area contributed by atoms with E-state index >= 15 is 0 Å². The summed E-state index contributed by atoms with van der Waals surface area (Å²) in [6.07, 6.45) is 4.18. The molecule has 142 valence electrons. The normalized spacial score (nSPS) is 18.7. The molecule has 0 saturated heterocycles. The summed E-state index contributed by atoms with van der Waals surface area (Å²) in [6.45, 7) is 1.96. The average Bonchev–Trinajstić information content (AvgIpc) is 3.30. The lowest BCUT2D eigenvalue weighted by molar-refractivity contribution is -0.119. The third kappa shape index (κ3) is 4.57. The zero-order valence-electron chi connectivity index (χ0n) is 16.0. The Morgan fingerprint density at radius 1 is 1.04 bits per heavy atom. The first kappa shape index (κ1) is 19.6. The number of hydrogen-bond acceptors (Lipinski definition) is 4. The molecule has 1 amide bonds. The smallest absolute Gasteiger partial charge is 0.217 e. The van der Waals surface area contributed by atoms with Crippen molar-refractivity contribution < 1.29 is 4.79 Å². The fourth-order valence-electron chi connectivity index (χ4n) is 4.01. The lowest BCUT2D eigenvalue weighted by Crippen LogP contribution is -2.24. The number of aryl methyl sites for hydroxylation is 2. The number of nitrogens with zero attached hydrogens (tertiary/aromatic N) is 2. The standard InChI is InChI=1S/C12H12N2O.C11H12N2/c1-8(15)14-12-5-4-10-3-2-9(7-13)6-11(10)12;12-7-8-13-11-6-5-9-3-1-2-4-10(9)11/h2-3,6,12H,4-5H2,1H3,(H,14,15);1-4,11,13H,5-6,8H2. The molecule has 5 heteroatoms. The summed E-state index contributed by atoms with van der Waals surface area (Å²) < 4.78 is 0. The van der Waals surface area contributed by atoms with Gasteiger partial charge in [0, 0.05) is 13.0 Å². The van der Waals surface area contributed by atoms with E-state index in [1.807, 2.05) is 18.2 Å². The predicted molar refractivity (Wildman–Crippen MR) is 107 cm³/mol. The van der Waals surface area contributed by atoms with Crippen LogP contribution in [-0.4, -0.2) is 12.5 Å². The minimum atomic E-state index is -0.0183. The van der Waals surface area contributed by atoms with Gasteiger partial charge < -0.3 is 5.32 Å². The van der Waals surface area contributed by atoms with E-state index in [4.69, 9.17) is 10.5 Å². The van der Waals surface area contributed by atoms with Gasteiger partial charge in [-0.15, -0.1) is 0 Å². The van der Waals surface area contributed by atoms with Crippen molar-refractivity contribution in [3.63, 3.8) is 0 Å². The Kier molecular flexibility index (Phi) is 6.42. The number of hydrogen-bond donors (Lipinski definition) is 2. The van der Waals surface area contributed by atoms with Crippen molar-refractivity contribution in [3.05, 3.63) is 70.3 Å². The summed E-state index contributed by atoms with van der Waals surface area (Å²) in [7, 11) is 0. The number of nitrogens with one attached hydrogen (secondary N) is 2. The molecule has 5 nitrogen and oxygen atoms in total. The molecule has 2 N–H and O–H groups in total. The molecular weight excluding hydrogens is 348 g/mol. The molecule has 2 aromatic carbocycles. The van der Waals surface area contributed by atoms with Gasteiger partial charge in [-0.25, -0.2) is 0 Å². The highest BCUT2D eigenvalue weighted by atomic mass is 16.1. The molecule has 0 saturated carbocycles. The first-order chi connectivity index (χ1) is 13.6. The number of amides is 1. The molecule has 0 aromatic heterocycles. The van der Waals surface area contributed by atoms with Gasteiger partial charge in [0.2, 0.25) is 5.91 Å². The van der Waals surface area contributed by atoms with Gasteiger partial charge in [0.25, 0.3) is 0 Å². The highest BCUT2D eigenvalue weighted by molar-refractivity contribution is 5.73. The van der Waals surface area contributed by atoms with Crippen LogP contribution in [0.25, 0.3) is 0 Å². The van der Waals surface area contributed by atoms with E-state index in [2.05, 4.69) is 47.0 Å². The lowest BCUT2D eigenvalue weighted by atomic mass is 10.0. The largest absolute Gasteiger partial charge is 0.350 e. The van der Waals surface area contributed by atoms with Crippen LogP contribution in [0.2, 0.25) is 0 Å². The number of fused-ring (bicyclic) bond motifs is 2. The molecule has 0 spiro atoms. The van der Waals surface area contributed by atoms with Crippen LogP contribution in [0.15, 0.2) is 42.5 Å². The molecule has 0 heterocycles. The van der Waals surface area contributed by atoms with Crippen LogP contribution in [0.1, 0.15) is 59.7 Å². The Morgan fingerprint density at radius 2 is 1.75 bits per heavy atom. The van der Waals surface area contributed by atoms with E-state index in [0.29, 0.717) is 18.2 Å². The number of nitriles is 2. The number of carbonyl (C=O) groups is 1. The second-order valence-electron chi connectivity index (χ2n) is 7.15. The summed E-state index contributed by atoms with van der Waals surface area (Å²) in [5.41, 5.74) is 5.80. The van der Waals surface area contributed by atoms with Crippen molar-refractivity contribution >= 4 is 5.91 Å². The SMILES string of the molecule is CC(=O)NC1CCc2ccc(C#N)cc21.N#CCNC1CCc2ccccc21. The molecule has 0 radical (unpaired) electrons. The Hall–Kier alpha value is -3.15. The first-order valence-corrected chi connectivity index (χ1v) is 9.60. The van der Waals surface area contributed by atoms with Crippen molar-refractivity contribution in [3.8, 4) is 12.1 Å². The molecule has 28 heavy (non-hydrogen) atoms. The topological polar surface area (TPSA) is 88.7 Å². The maximum Gasteiger partial charge on any atom is 0.217 e. The van der Waals surface area contributed by atoms with E-state index in [0.717, 1.165) is 31.2 Å². The van der Waals surface area contributed by atoms with Crippen molar-refractivity contribution in [2.75, 3.05) is 6.54 Å². The Labute approximate surface area is 166 Å². The molecule has 0 fully saturated rings. The highest BCUT2D eigenvalue weighted by Crippen LogP contribution is 2.32. The van der Waals surface area contributed by atoms with E-state index < -0.39 is 0 Å². The summed E-state index contributed by atoms with van der Waals surface area (Å²) in [5, 5.41) is 23.4. The molecule has 2 atom stereocenters. The molecule has 0 aliphatic heterocycles. The van der Waals surface area contributed by atoms with Crippen molar-refractivity contribution in [2.45, 2.75) is 44.7 Å². The third-order valence-corrected chi connectivity index (χ3v) is 5.29. The van der Waals surface area contributed by atoms with Crippen molar-refractivity contribution in [1.82, 2.24) is 10.6 Å². The van der Waals surface area contributed by atoms with Crippen LogP contribution in [0, 0.1) is 22.7 Å². The summed E-state index contributed by atoms with van der Waals surface area (Å²) in [4.78, 5) is 11.0. The highest BCUT2D eigenvalue weighted by Gasteiger charge is 2.23. The Balaban J connectivity index is 0.000000162. The van der Waals surface area contributed by atoms with Gasteiger partial charge >= 0.3 is 0 Å². The van der Waals surface area contributed by atoms with Crippen LogP contribution < -0.4 is 10.6 Å². The van der Waals surface area contributed by atoms with Crippen LogP contribution in [0.5, 0.6) is 0 Å². The second-order valence-corrected chi connectivity index (χ2v) is 7.15. The zero-order valence-corrected chi connectivity index (χ0v) is 16.0. The molecule has 2 aliphatic rings. The maximum atomic E-state index is 11.0. The second kappa shape index (κ2) is 9.17. The van der Waals surface area contributed by atoms with Crippen LogP contribution in [0.4, 0.5) is 0 Å². The molecule has 4 rings (SSSR count). The number of carbonyl (C=O) groups excluding carboxylic acids is 1. The van der Waals surface area contributed by atoms with Crippen LogP contribution in [-0.2, 0) is 17.6 Å². The molecular formula is C23H24N4O. The molecule has 2 aliphatic carbocycles. The van der Waals surface area contributed by atoms with E-state index in [1.54, 1.807) is 0 Å². The first-order valence-electron chi connectivity index (χ1n) is 9.60. The van der Waals surface area contributed by atoms with Gasteiger partial charge in [0.15, 0.2) is 0 Å². The van der Waals surface area contributed by atoms with E-state index in [9.17, 15) is 4.79 Å². The van der Waals surface area contributed by atoms with Gasteiger partial charge in [-0.05, 0) is 60.1 Å². The summed E-state index contributed by atoms with van der Waals surface area (Å²) in [5.74, 6) is -0.0183. The monoisotopic (exact) mass is 372 g/mol. The van der Waals surface area contributed by atoms with Gasteiger partial charge in [0.1, 0.15) is 0 Å². The quantitative estimate of drug-likeness (QED) is 0.808. The Morgan fingerprint density at radius 3 is 2.46 bits per heavy atom. The van der Waals surface area contributed by atoms with Gasteiger partial charge in [-0.2, -0.15) is 10.5 Å². The van der Waals surface area contributed by atoms with Crippen LogP contribution in [0.3, 0.4) is 0 Å². The fourth-order valence-corrected chi connectivity index (χ4v) is 4.01. The summed E-state index contributed by atoms with van der Waals surface area (Å²) in [6, 6.07) is 18.9. The van der Waals surface area contributed by atoms with Gasteiger partial charge in [0.05, 0.1) is 30.3 Å². The molecule has 0 bridgehead atoms. The Bertz CT molecular complexity index is 938. The lowest BCUT2D eigenvalue weighted by Gasteiger charge is -2.12. The minimum Gasteiger partial charge on any atom is -0.350 e. The van der Waals surface area contributed by atoms with E-state index in [-0.39, 0.29) is 11.9 Å². The maximum absolute atomic E-state index is 11.0. The van der Waals surface area contributed by atoms with Crippen LogP contribution >= 0.6 is 0 Å². The predicted octanol–water partition coefficient (Wildman–Crippen LogP) is 3.47. The van der Waals surface area contributed by atoms with Crippen molar-refractivity contribution in [1.29, 1.82) is 10.5 Å². The van der Waals surface area contributed by atoms with Crippen molar-refractivity contribution in [2.24, 2.45) is 0 Å². The average molecular weight is 372 g/mol. The third-order valence-electron chi connectivity index (χ3n) is 5.29. The molecule has 2 aromatic rings. The van der Waals surface area contributed by atoms with Gasteiger partial charge in [-0.3, -0.25) is 10.1 Å².